The summed E-state index contributed by atoms with van der Waals surface area (Å²) in [5, 5.41) is -3.99. The second kappa shape index (κ2) is 8.70. The van der Waals surface area contributed by atoms with Gasteiger partial charge in [0.1, 0.15) is 0 Å². The number of hydrogen-bond donors (Lipinski definition) is 2. The minimum absolute atomic E-state index is 1.42. The molecule has 0 aromatic rings. The van der Waals surface area contributed by atoms with Crippen molar-refractivity contribution in [2.75, 3.05) is 14.1 Å². The molecule has 1 unspecified atom stereocenters. The molecule has 0 aromatic carbocycles. The molecule has 0 saturated heterocycles. The first kappa shape index (κ1) is 26.4. The number of alkyl halides is 10. The normalized spacial score (nSPS) is 15.4. The van der Waals surface area contributed by atoms with Crippen LogP contribution in [0.4, 0.5) is 43.9 Å². The van der Waals surface area contributed by atoms with Crippen molar-refractivity contribution in [2.45, 2.75) is 48.7 Å². The number of rotatable bonds is 7. The molecular weight excluding hydrogens is 404 g/mol. The van der Waals surface area contributed by atoms with Gasteiger partial charge in [0.15, 0.2) is 6.17 Å². The highest BCUT2D eigenvalue weighted by atomic mass is 32.2. The van der Waals surface area contributed by atoms with Crippen molar-refractivity contribution in [3.63, 3.8) is 0 Å². The van der Waals surface area contributed by atoms with Gasteiger partial charge in [0.2, 0.25) is 0 Å². The Balaban J connectivity index is 0. The van der Waals surface area contributed by atoms with Gasteiger partial charge >= 0.3 is 33.4 Å². The van der Waals surface area contributed by atoms with E-state index in [-0.39, 0.29) is 0 Å². The van der Waals surface area contributed by atoms with Crippen LogP contribution in [-0.4, -0.2) is 56.5 Å². The Morgan fingerprint density at radius 1 is 0.960 bits per heavy atom. The Morgan fingerprint density at radius 3 is 1.60 bits per heavy atom. The van der Waals surface area contributed by atoms with Crippen LogP contribution in [0.25, 0.3) is 0 Å². The monoisotopic (exact) mass is 419 g/mol. The molecule has 0 radical (unpaired) electrons. The van der Waals surface area contributed by atoms with Gasteiger partial charge in [0.25, 0.3) is 0 Å². The van der Waals surface area contributed by atoms with Gasteiger partial charge in [-0.05, 0) is 26.9 Å². The summed E-state index contributed by atoms with van der Waals surface area (Å²) in [7, 11) is -3.28. The van der Waals surface area contributed by atoms with Crippen molar-refractivity contribution in [2.24, 2.45) is 0 Å². The number of nitrogens with one attached hydrogen (secondary N) is 1. The summed E-state index contributed by atoms with van der Waals surface area (Å²) in [4.78, 5) is 0. The first-order valence-electron chi connectivity index (χ1n) is 6.19. The van der Waals surface area contributed by atoms with E-state index >= 15 is 0 Å². The molecule has 4 nitrogen and oxygen atoms in total. The van der Waals surface area contributed by atoms with Crippen LogP contribution in [0, 0.1) is 0 Å². The van der Waals surface area contributed by atoms with E-state index in [9.17, 15) is 52.3 Å². The van der Waals surface area contributed by atoms with Gasteiger partial charge in [-0.15, -0.1) is 0 Å². The van der Waals surface area contributed by atoms with E-state index in [4.69, 9.17) is 4.55 Å². The lowest BCUT2D eigenvalue weighted by Gasteiger charge is -2.32. The van der Waals surface area contributed by atoms with E-state index in [1.165, 1.54) is 0 Å². The van der Waals surface area contributed by atoms with E-state index in [1.54, 1.807) is 0 Å². The summed E-state index contributed by atoms with van der Waals surface area (Å²) in [6, 6.07) is 0. The van der Waals surface area contributed by atoms with E-state index in [0.717, 1.165) is 0 Å². The predicted molar refractivity (Wildman–Crippen MR) is 66.2 cm³/mol. The first-order valence-corrected chi connectivity index (χ1v) is 7.63. The van der Waals surface area contributed by atoms with Crippen LogP contribution < -0.4 is 5.32 Å². The summed E-state index contributed by atoms with van der Waals surface area (Å²) < 4.78 is 153. The smallest absolute Gasteiger partial charge is 0.323 e. The minimum Gasteiger partial charge on any atom is -0.323 e. The quantitative estimate of drug-likeness (QED) is 0.489. The summed E-state index contributed by atoms with van der Waals surface area (Å²) in [6.07, 6.45) is -14.3. The van der Waals surface area contributed by atoms with Crippen LogP contribution in [-0.2, 0) is 10.1 Å². The fourth-order valence-electron chi connectivity index (χ4n) is 1.22. The third-order valence-electron chi connectivity index (χ3n) is 2.42. The van der Waals surface area contributed by atoms with E-state index in [1.807, 2.05) is 14.1 Å². The van der Waals surface area contributed by atoms with Crippen LogP contribution in [0.5, 0.6) is 0 Å². The molecule has 154 valence electrons. The van der Waals surface area contributed by atoms with Gasteiger partial charge < -0.3 is 5.32 Å². The molecule has 15 heteroatoms. The summed E-state index contributed by atoms with van der Waals surface area (Å²) >= 11 is 0. The first-order chi connectivity index (χ1) is 10.8. The summed E-state index contributed by atoms with van der Waals surface area (Å²) in [5.74, 6) is -13.2. The van der Waals surface area contributed by atoms with Crippen LogP contribution in [0.2, 0.25) is 0 Å². The van der Waals surface area contributed by atoms with E-state index in [2.05, 4.69) is 5.32 Å². The molecule has 0 bridgehead atoms. The molecule has 0 aliphatic heterocycles. The molecule has 0 aliphatic carbocycles. The van der Waals surface area contributed by atoms with Gasteiger partial charge in [-0.2, -0.15) is 47.9 Å². The van der Waals surface area contributed by atoms with E-state index in [0.29, 0.717) is 0 Å². The molecule has 0 amide bonds. The number of hydrogen-bond acceptors (Lipinski definition) is 3. The Hall–Kier alpha value is -0.830. The molecular formula is C10H15F10NO3S. The Bertz CT molecular complexity index is 506. The fraction of sp³-hybridized carbons (Fsp3) is 1.00. The van der Waals surface area contributed by atoms with Crippen LogP contribution in [0.3, 0.4) is 0 Å². The Kier molecular flexibility index (Phi) is 9.19. The third-order valence-corrected chi connectivity index (χ3v) is 3.32. The summed E-state index contributed by atoms with van der Waals surface area (Å²) in [6.45, 7) is 0. The van der Waals surface area contributed by atoms with Crippen molar-refractivity contribution in [1.29, 1.82) is 0 Å². The minimum atomic E-state index is -7.03. The van der Waals surface area contributed by atoms with Crippen molar-refractivity contribution in [3.05, 3.63) is 0 Å². The zero-order chi connectivity index (χ0) is 20.9. The largest absolute Gasteiger partial charge is 0.438 e. The molecule has 0 heterocycles. The Labute approximate surface area is 136 Å². The predicted octanol–water partition coefficient (Wildman–Crippen LogP) is 3.64. The van der Waals surface area contributed by atoms with Crippen molar-refractivity contribution >= 4 is 10.1 Å². The molecule has 0 spiro atoms. The fourth-order valence-corrected chi connectivity index (χ4v) is 1.68. The van der Waals surface area contributed by atoms with Crippen LogP contribution >= 0.6 is 0 Å². The Morgan fingerprint density at radius 2 is 1.32 bits per heavy atom. The molecule has 0 fully saturated rings. The van der Waals surface area contributed by atoms with Crippen molar-refractivity contribution in [1.82, 2.24) is 5.32 Å². The third kappa shape index (κ3) is 6.77. The molecule has 0 aliphatic rings. The standard InChI is InChI=1S/C8H8F10O3S.C2H7N/c9-4(2-1-3-5(10,11)12)6(13,14)7(15,16)8(17,18)22(19,20)21;1-3-2/h4H,1-3H2,(H,19,20,21);3H,1-2H3. The lowest BCUT2D eigenvalue weighted by Crippen LogP contribution is -2.61. The highest BCUT2D eigenvalue weighted by molar-refractivity contribution is 7.87. The van der Waals surface area contributed by atoms with Gasteiger partial charge in [0.05, 0.1) is 0 Å². The maximum absolute atomic E-state index is 13.0. The molecule has 25 heavy (non-hydrogen) atoms. The maximum Gasteiger partial charge on any atom is 0.438 e. The average Bonchev–Trinajstić information content (AvgIpc) is 2.36. The highest BCUT2D eigenvalue weighted by Gasteiger charge is 2.79. The molecule has 0 saturated carbocycles. The van der Waals surface area contributed by atoms with Crippen LogP contribution in [0.1, 0.15) is 19.3 Å². The molecule has 1 atom stereocenters. The maximum atomic E-state index is 13.0. The van der Waals surface area contributed by atoms with Crippen molar-refractivity contribution in [3.8, 4) is 0 Å². The average molecular weight is 419 g/mol. The van der Waals surface area contributed by atoms with Gasteiger partial charge in [-0.1, -0.05) is 0 Å². The van der Waals surface area contributed by atoms with Gasteiger partial charge in [-0.3, -0.25) is 4.55 Å². The van der Waals surface area contributed by atoms with E-state index < -0.39 is 58.8 Å². The summed E-state index contributed by atoms with van der Waals surface area (Å²) in [5.41, 5.74) is 0. The second-order valence-corrected chi connectivity index (χ2v) is 6.13. The molecule has 0 aromatic heterocycles. The lowest BCUT2D eigenvalue weighted by molar-refractivity contribution is -0.300. The second-order valence-electron chi connectivity index (χ2n) is 4.66. The lowest BCUT2D eigenvalue weighted by atomic mass is 10.0. The number of halogens is 10. The zero-order valence-corrected chi connectivity index (χ0v) is 13.5. The topological polar surface area (TPSA) is 66.4 Å². The van der Waals surface area contributed by atoms with Crippen molar-refractivity contribution < 1.29 is 56.9 Å². The molecule has 0 rings (SSSR count). The molecule has 2 N–H and O–H groups in total. The van der Waals surface area contributed by atoms with Gasteiger partial charge in [-0.25, -0.2) is 4.39 Å². The van der Waals surface area contributed by atoms with Gasteiger partial charge in [0, 0.05) is 6.42 Å². The SMILES string of the molecule is CNC.O=S(=O)(O)C(F)(F)C(F)(F)C(F)(F)C(F)CCCC(F)(F)F. The van der Waals surface area contributed by atoms with Crippen LogP contribution in [0.15, 0.2) is 0 Å². The highest BCUT2D eigenvalue weighted by Crippen LogP contribution is 2.51. The zero-order valence-electron chi connectivity index (χ0n) is 12.7.